The molecule has 1 N–H and O–H groups in total. The van der Waals surface area contributed by atoms with Crippen LogP contribution in [0.4, 0.5) is 0 Å². The van der Waals surface area contributed by atoms with Crippen molar-refractivity contribution < 1.29 is 0 Å². The molecule has 0 spiro atoms. The molecule has 1 aliphatic heterocycles. The fourth-order valence-corrected chi connectivity index (χ4v) is 0.638. The molecule has 1 aliphatic rings. The van der Waals surface area contributed by atoms with Gasteiger partial charge in [0.15, 0.2) is 0 Å². The van der Waals surface area contributed by atoms with Gasteiger partial charge in [-0.05, 0) is 0 Å². The zero-order chi connectivity index (χ0) is 5.28. The molecule has 7 heavy (non-hydrogen) atoms. The highest BCUT2D eigenvalue weighted by Gasteiger charge is 2.06. The average molecular weight is 98.1 g/mol. The standard InChI is InChI=1S/C5H10N2/c1-5-6-3-4-7(5)2/h6H,1,3-4H2,2H3. The Kier molecular flexibility index (Phi) is 0.929. The third-order valence-electron chi connectivity index (χ3n) is 1.24. The molecule has 0 atom stereocenters. The van der Waals surface area contributed by atoms with Crippen LogP contribution in [0, 0.1) is 0 Å². The lowest BCUT2D eigenvalue weighted by Gasteiger charge is -2.07. The van der Waals surface area contributed by atoms with Crippen molar-refractivity contribution in [3.8, 4) is 0 Å². The number of rotatable bonds is 0. The van der Waals surface area contributed by atoms with Crippen LogP contribution in [-0.2, 0) is 0 Å². The fourth-order valence-electron chi connectivity index (χ4n) is 0.638. The molecule has 1 saturated heterocycles. The Labute approximate surface area is 43.8 Å². The largest absolute Gasteiger partial charge is 0.370 e. The van der Waals surface area contributed by atoms with E-state index in [1.165, 1.54) is 0 Å². The van der Waals surface area contributed by atoms with Crippen molar-refractivity contribution in [3.63, 3.8) is 0 Å². The van der Waals surface area contributed by atoms with Crippen LogP contribution < -0.4 is 5.32 Å². The number of likely N-dealkylation sites (N-methyl/N-ethyl adjacent to an activating group) is 1. The predicted octanol–water partition coefficient (Wildman–Crippen LogP) is -0.00740. The van der Waals surface area contributed by atoms with E-state index in [9.17, 15) is 0 Å². The maximum absolute atomic E-state index is 3.75. The van der Waals surface area contributed by atoms with Crippen LogP contribution in [0.2, 0.25) is 0 Å². The normalized spacial score (nSPS) is 20.1. The molecule has 0 radical (unpaired) electrons. The lowest BCUT2D eigenvalue weighted by atomic mass is 10.6. The first-order valence-corrected chi connectivity index (χ1v) is 2.44. The fraction of sp³-hybridized carbons (Fsp3) is 0.600. The molecule has 0 aromatic carbocycles. The van der Waals surface area contributed by atoms with Crippen molar-refractivity contribution in [1.29, 1.82) is 0 Å². The zero-order valence-corrected chi connectivity index (χ0v) is 4.57. The summed E-state index contributed by atoms with van der Waals surface area (Å²) in [6, 6.07) is 0. The Morgan fingerprint density at radius 1 is 1.86 bits per heavy atom. The van der Waals surface area contributed by atoms with Crippen LogP contribution in [0.5, 0.6) is 0 Å². The molecule has 0 aromatic heterocycles. The smallest absolute Gasteiger partial charge is 0.0937 e. The van der Waals surface area contributed by atoms with Gasteiger partial charge < -0.3 is 10.2 Å². The molecule has 0 unspecified atom stereocenters. The summed E-state index contributed by atoms with van der Waals surface area (Å²) in [5.41, 5.74) is 0. The van der Waals surface area contributed by atoms with E-state index in [1.807, 2.05) is 7.05 Å². The zero-order valence-electron chi connectivity index (χ0n) is 4.57. The van der Waals surface area contributed by atoms with Gasteiger partial charge >= 0.3 is 0 Å². The Morgan fingerprint density at radius 2 is 2.57 bits per heavy atom. The van der Waals surface area contributed by atoms with Gasteiger partial charge in [0.1, 0.15) is 0 Å². The van der Waals surface area contributed by atoms with Crippen molar-refractivity contribution in [2.24, 2.45) is 0 Å². The van der Waals surface area contributed by atoms with Crippen LogP contribution in [-0.4, -0.2) is 25.0 Å². The van der Waals surface area contributed by atoms with Gasteiger partial charge in [0.2, 0.25) is 0 Å². The molecule has 0 aromatic rings. The van der Waals surface area contributed by atoms with Crippen LogP contribution in [0.25, 0.3) is 0 Å². The average Bonchev–Trinajstić information content (AvgIpc) is 1.91. The molecule has 2 nitrogen and oxygen atoms in total. The second-order valence-electron chi connectivity index (χ2n) is 1.80. The van der Waals surface area contributed by atoms with Crippen molar-refractivity contribution in [2.45, 2.75) is 0 Å². The third kappa shape index (κ3) is 0.683. The topological polar surface area (TPSA) is 15.3 Å². The molecule has 0 amide bonds. The molecule has 2 heteroatoms. The van der Waals surface area contributed by atoms with Crippen LogP contribution in [0.3, 0.4) is 0 Å². The van der Waals surface area contributed by atoms with E-state index in [0.29, 0.717) is 0 Å². The molecule has 1 fully saturated rings. The van der Waals surface area contributed by atoms with Gasteiger partial charge in [-0.3, -0.25) is 0 Å². The molecule has 40 valence electrons. The first-order chi connectivity index (χ1) is 3.30. The Hall–Kier alpha value is -0.660. The van der Waals surface area contributed by atoms with E-state index < -0.39 is 0 Å². The van der Waals surface area contributed by atoms with Crippen molar-refractivity contribution in [3.05, 3.63) is 12.4 Å². The Bertz CT molecular complexity index is 88.1. The number of hydrogen-bond donors (Lipinski definition) is 1. The minimum Gasteiger partial charge on any atom is -0.370 e. The van der Waals surface area contributed by atoms with E-state index in [2.05, 4.69) is 16.8 Å². The Morgan fingerprint density at radius 3 is 2.71 bits per heavy atom. The minimum atomic E-state index is 1.04. The van der Waals surface area contributed by atoms with Crippen LogP contribution >= 0.6 is 0 Å². The SMILES string of the molecule is C=C1NCCN1C. The summed E-state index contributed by atoms with van der Waals surface area (Å²) in [5, 5.41) is 3.10. The van der Waals surface area contributed by atoms with Crippen molar-refractivity contribution >= 4 is 0 Å². The van der Waals surface area contributed by atoms with E-state index in [0.717, 1.165) is 18.9 Å². The van der Waals surface area contributed by atoms with E-state index in [-0.39, 0.29) is 0 Å². The summed E-state index contributed by atoms with van der Waals surface area (Å²) in [6.45, 7) is 5.90. The quantitative estimate of drug-likeness (QED) is 0.458. The summed E-state index contributed by atoms with van der Waals surface area (Å²) in [5.74, 6) is 1.04. The second-order valence-corrected chi connectivity index (χ2v) is 1.80. The Balaban J connectivity index is 2.48. The highest BCUT2D eigenvalue weighted by atomic mass is 15.3. The van der Waals surface area contributed by atoms with Gasteiger partial charge in [-0.25, -0.2) is 0 Å². The highest BCUT2D eigenvalue weighted by Crippen LogP contribution is 1.97. The minimum absolute atomic E-state index is 1.04. The summed E-state index contributed by atoms with van der Waals surface area (Å²) < 4.78 is 0. The van der Waals surface area contributed by atoms with Crippen LogP contribution in [0.1, 0.15) is 0 Å². The van der Waals surface area contributed by atoms with Crippen molar-refractivity contribution in [2.75, 3.05) is 20.1 Å². The first-order valence-electron chi connectivity index (χ1n) is 2.44. The number of hydrogen-bond acceptors (Lipinski definition) is 2. The maximum atomic E-state index is 3.75. The van der Waals surface area contributed by atoms with Gasteiger partial charge in [-0.15, -0.1) is 0 Å². The summed E-state index contributed by atoms with van der Waals surface area (Å²) in [6.07, 6.45) is 0. The van der Waals surface area contributed by atoms with Gasteiger partial charge in [0, 0.05) is 20.1 Å². The molecule has 0 aliphatic carbocycles. The maximum Gasteiger partial charge on any atom is 0.0937 e. The molecular formula is C5H10N2. The molecule has 1 heterocycles. The summed E-state index contributed by atoms with van der Waals surface area (Å²) in [7, 11) is 2.03. The summed E-state index contributed by atoms with van der Waals surface area (Å²) >= 11 is 0. The molecule has 0 bridgehead atoms. The highest BCUT2D eigenvalue weighted by molar-refractivity contribution is 4.94. The summed E-state index contributed by atoms with van der Waals surface area (Å²) in [4.78, 5) is 2.10. The van der Waals surface area contributed by atoms with Gasteiger partial charge in [0.25, 0.3) is 0 Å². The molecule has 0 saturated carbocycles. The third-order valence-corrected chi connectivity index (χ3v) is 1.24. The van der Waals surface area contributed by atoms with E-state index >= 15 is 0 Å². The monoisotopic (exact) mass is 98.1 g/mol. The van der Waals surface area contributed by atoms with Crippen molar-refractivity contribution in [1.82, 2.24) is 10.2 Å². The van der Waals surface area contributed by atoms with Gasteiger partial charge in [-0.2, -0.15) is 0 Å². The van der Waals surface area contributed by atoms with E-state index in [4.69, 9.17) is 0 Å². The molecule has 1 rings (SSSR count). The van der Waals surface area contributed by atoms with E-state index in [1.54, 1.807) is 0 Å². The first kappa shape index (κ1) is 4.50. The molecular weight excluding hydrogens is 88.1 g/mol. The lowest BCUT2D eigenvalue weighted by Crippen LogP contribution is -2.11. The lowest BCUT2D eigenvalue weighted by molar-refractivity contribution is 0.487. The van der Waals surface area contributed by atoms with Gasteiger partial charge in [-0.1, -0.05) is 6.58 Å². The predicted molar refractivity (Wildman–Crippen MR) is 29.8 cm³/mol. The van der Waals surface area contributed by atoms with Crippen LogP contribution in [0.15, 0.2) is 12.4 Å². The number of nitrogens with one attached hydrogen (secondary N) is 1. The number of nitrogens with zero attached hydrogens (tertiary/aromatic N) is 1. The van der Waals surface area contributed by atoms with Gasteiger partial charge in [0.05, 0.1) is 5.82 Å². The second kappa shape index (κ2) is 1.45.